The normalized spacial score (nSPS) is 26.1. The Hall–Kier alpha value is -1.39. The van der Waals surface area contributed by atoms with Crippen molar-refractivity contribution in [3.05, 3.63) is 29.8 Å². The van der Waals surface area contributed by atoms with Gasteiger partial charge in [-0.2, -0.15) is 0 Å². The Morgan fingerprint density at radius 2 is 2.00 bits per heavy atom. The van der Waals surface area contributed by atoms with Gasteiger partial charge in [-0.25, -0.2) is 0 Å². The van der Waals surface area contributed by atoms with Gasteiger partial charge in [-0.15, -0.1) is 0 Å². The molecule has 114 valence electrons. The molecule has 2 unspecified atom stereocenters. The Balaban J connectivity index is 1.55. The van der Waals surface area contributed by atoms with Gasteiger partial charge in [-0.1, -0.05) is 12.1 Å². The average Bonchev–Trinajstić information content (AvgIpc) is 3.12. The Kier molecular flexibility index (Phi) is 4.56. The molecule has 4 heteroatoms. The summed E-state index contributed by atoms with van der Waals surface area (Å²) in [5.74, 6) is 0.231. The summed E-state index contributed by atoms with van der Waals surface area (Å²) in [5, 5.41) is 6.36. The van der Waals surface area contributed by atoms with Crippen molar-refractivity contribution >= 4 is 11.6 Å². The number of benzene rings is 1. The molecule has 2 aliphatic rings. The quantitative estimate of drug-likeness (QED) is 0.892. The van der Waals surface area contributed by atoms with Crippen LogP contribution in [0.25, 0.3) is 0 Å². The molecule has 0 aliphatic carbocycles. The summed E-state index contributed by atoms with van der Waals surface area (Å²) in [7, 11) is 0. The summed E-state index contributed by atoms with van der Waals surface area (Å²) in [6.07, 6.45) is 3.57. The zero-order chi connectivity index (χ0) is 14.7. The maximum absolute atomic E-state index is 12.2. The Morgan fingerprint density at radius 3 is 2.62 bits per heavy atom. The largest absolute Gasteiger partial charge is 0.326 e. The van der Waals surface area contributed by atoms with Crippen molar-refractivity contribution in [3.8, 4) is 0 Å². The third kappa shape index (κ3) is 3.63. The predicted octanol–water partition coefficient (Wildman–Crippen LogP) is 2.22. The van der Waals surface area contributed by atoms with Gasteiger partial charge in [0, 0.05) is 18.3 Å². The van der Waals surface area contributed by atoms with Crippen molar-refractivity contribution in [1.29, 1.82) is 0 Å². The minimum atomic E-state index is 0.0919. The zero-order valence-corrected chi connectivity index (χ0v) is 12.8. The van der Waals surface area contributed by atoms with Gasteiger partial charge in [0.1, 0.15) is 0 Å². The van der Waals surface area contributed by atoms with E-state index in [0.717, 1.165) is 25.2 Å². The van der Waals surface area contributed by atoms with Crippen LogP contribution >= 0.6 is 0 Å². The molecule has 2 aliphatic heterocycles. The van der Waals surface area contributed by atoms with Gasteiger partial charge in [0.05, 0.1) is 5.92 Å². The molecule has 2 fully saturated rings. The van der Waals surface area contributed by atoms with Crippen molar-refractivity contribution in [2.24, 2.45) is 5.92 Å². The molecule has 0 bridgehead atoms. The second kappa shape index (κ2) is 6.58. The lowest BCUT2D eigenvalue weighted by Crippen LogP contribution is -2.32. The molecule has 0 saturated carbocycles. The molecule has 0 spiro atoms. The smallest absolute Gasteiger partial charge is 0.229 e. The Bertz CT molecular complexity index is 479. The lowest BCUT2D eigenvalue weighted by atomic mass is 10.0. The molecule has 1 aromatic carbocycles. The molecular weight excluding hydrogens is 262 g/mol. The fourth-order valence-corrected chi connectivity index (χ4v) is 3.34. The molecule has 1 aromatic rings. The number of amides is 1. The van der Waals surface area contributed by atoms with Crippen LogP contribution in [-0.4, -0.2) is 36.5 Å². The molecule has 21 heavy (non-hydrogen) atoms. The third-order valence-corrected chi connectivity index (χ3v) is 4.69. The maximum Gasteiger partial charge on any atom is 0.229 e. The monoisotopic (exact) mass is 287 g/mol. The van der Waals surface area contributed by atoms with Crippen molar-refractivity contribution < 1.29 is 4.79 Å². The zero-order valence-electron chi connectivity index (χ0n) is 12.8. The highest BCUT2D eigenvalue weighted by Gasteiger charge is 2.29. The second-order valence-corrected chi connectivity index (χ2v) is 6.31. The number of nitrogens with one attached hydrogen (secondary N) is 2. The van der Waals surface area contributed by atoms with Gasteiger partial charge in [0.15, 0.2) is 0 Å². The van der Waals surface area contributed by atoms with Crippen LogP contribution in [0.2, 0.25) is 0 Å². The molecule has 0 aromatic heterocycles. The van der Waals surface area contributed by atoms with Gasteiger partial charge in [-0.05, 0) is 63.5 Å². The first-order valence-electron chi connectivity index (χ1n) is 8.08. The van der Waals surface area contributed by atoms with Crippen LogP contribution in [0.3, 0.4) is 0 Å². The summed E-state index contributed by atoms with van der Waals surface area (Å²) < 4.78 is 0. The van der Waals surface area contributed by atoms with E-state index in [1.54, 1.807) is 0 Å². The van der Waals surface area contributed by atoms with Crippen LogP contribution in [-0.2, 0) is 11.3 Å². The summed E-state index contributed by atoms with van der Waals surface area (Å²) in [6, 6.07) is 8.58. The Labute approximate surface area is 126 Å². The second-order valence-electron chi connectivity index (χ2n) is 6.31. The minimum absolute atomic E-state index is 0.0919. The molecule has 3 rings (SSSR count). The molecular formula is C17H25N3O. The van der Waals surface area contributed by atoms with Gasteiger partial charge in [0.25, 0.3) is 0 Å². The predicted molar refractivity (Wildman–Crippen MR) is 85.2 cm³/mol. The van der Waals surface area contributed by atoms with Crippen LogP contribution in [0.5, 0.6) is 0 Å². The van der Waals surface area contributed by atoms with Crippen LogP contribution < -0.4 is 10.6 Å². The first-order chi connectivity index (χ1) is 10.2. The first kappa shape index (κ1) is 14.5. The average molecular weight is 287 g/mol. The number of carbonyl (C=O) groups is 1. The topological polar surface area (TPSA) is 44.4 Å². The summed E-state index contributed by atoms with van der Waals surface area (Å²) in [5.41, 5.74) is 2.23. The minimum Gasteiger partial charge on any atom is -0.326 e. The van der Waals surface area contributed by atoms with E-state index in [4.69, 9.17) is 0 Å². The maximum atomic E-state index is 12.2. The van der Waals surface area contributed by atoms with E-state index >= 15 is 0 Å². The number of carbonyl (C=O) groups excluding carboxylic acids is 1. The van der Waals surface area contributed by atoms with E-state index in [1.165, 1.54) is 31.5 Å². The fourth-order valence-electron chi connectivity index (χ4n) is 3.34. The molecule has 0 radical (unpaired) electrons. The highest BCUT2D eigenvalue weighted by molar-refractivity contribution is 5.93. The van der Waals surface area contributed by atoms with E-state index in [-0.39, 0.29) is 17.9 Å². The van der Waals surface area contributed by atoms with Crippen molar-refractivity contribution in [2.45, 2.75) is 38.8 Å². The summed E-state index contributed by atoms with van der Waals surface area (Å²) in [4.78, 5) is 14.7. The van der Waals surface area contributed by atoms with Crippen LogP contribution in [0, 0.1) is 5.92 Å². The van der Waals surface area contributed by atoms with E-state index < -0.39 is 0 Å². The van der Waals surface area contributed by atoms with Crippen LogP contribution in [0.4, 0.5) is 5.69 Å². The van der Waals surface area contributed by atoms with Crippen molar-refractivity contribution in [1.82, 2.24) is 10.2 Å². The van der Waals surface area contributed by atoms with Crippen molar-refractivity contribution in [2.75, 3.05) is 25.0 Å². The summed E-state index contributed by atoms with van der Waals surface area (Å²) >= 11 is 0. The van der Waals surface area contributed by atoms with E-state index in [0.29, 0.717) is 0 Å². The van der Waals surface area contributed by atoms with Gasteiger partial charge < -0.3 is 10.6 Å². The molecule has 2 saturated heterocycles. The lowest BCUT2D eigenvalue weighted by Gasteiger charge is -2.16. The number of likely N-dealkylation sites (tertiary alicyclic amines) is 1. The van der Waals surface area contributed by atoms with Crippen LogP contribution in [0.1, 0.15) is 31.7 Å². The number of hydrogen-bond donors (Lipinski definition) is 2. The van der Waals surface area contributed by atoms with Crippen molar-refractivity contribution in [3.63, 3.8) is 0 Å². The highest BCUT2D eigenvalue weighted by Crippen LogP contribution is 2.19. The van der Waals surface area contributed by atoms with E-state index in [9.17, 15) is 4.79 Å². The van der Waals surface area contributed by atoms with Gasteiger partial charge in [-0.3, -0.25) is 9.69 Å². The third-order valence-electron chi connectivity index (χ3n) is 4.69. The van der Waals surface area contributed by atoms with Gasteiger partial charge in [0.2, 0.25) is 5.91 Å². The Morgan fingerprint density at radius 1 is 1.29 bits per heavy atom. The molecule has 2 heterocycles. The lowest BCUT2D eigenvalue weighted by molar-refractivity contribution is -0.119. The first-order valence-corrected chi connectivity index (χ1v) is 8.08. The van der Waals surface area contributed by atoms with E-state index in [1.807, 2.05) is 12.1 Å². The SMILES string of the molecule is CC1NCCC1C(=O)Nc1ccc(CN2CCCC2)cc1. The molecule has 2 atom stereocenters. The standard InChI is InChI=1S/C17H25N3O/c1-13-16(8-9-18-13)17(21)19-15-6-4-14(5-7-15)12-20-10-2-3-11-20/h4-7,13,16,18H,2-3,8-12H2,1H3,(H,19,21). The molecule has 1 amide bonds. The van der Waals surface area contributed by atoms with Gasteiger partial charge >= 0.3 is 0 Å². The van der Waals surface area contributed by atoms with E-state index in [2.05, 4.69) is 34.6 Å². The number of rotatable bonds is 4. The number of anilines is 1. The number of nitrogens with zero attached hydrogens (tertiary/aromatic N) is 1. The summed E-state index contributed by atoms with van der Waals surface area (Å²) in [6.45, 7) is 6.47. The van der Waals surface area contributed by atoms with Crippen LogP contribution in [0.15, 0.2) is 24.3 Å². The highest BCUT2D eigenvalue weighted by atomic mass is 16.1. The molecule has 4 nitrogen and oxygen atoms in total. The molecule has 2 N–H and O–H groups in total. The number of hydrogen-bond acceptors (Lipinski definition) is 3. The fraction of sp³-hybridized carbons (Fsp3) is 0.588.